The third-order valence-electron chi connectivity index (χ3n) is 4.83. The van der Waals surface area contributed by atoms with Crippen molar-refractivity contribution in [2.75, 3.05) is 0 Å². The van der Waals surface area contributed by atoms with Crippen LogP contribution in [0.1, 0.15) is 16.7 Å². The Bertz CT molecular complexity index is 937. The molecule has 0 aliphatic carbocycles. The summed E-state index contributed by atoms with van der Waals surface area (Å²) in [5.41, 5.74) is 6.61. The first-order chi connectivity index (χ1) is 12.8. The molecule has 26 heavy (non-hydrogen) atoms. The monoisotopic (exact) mass is 439 g/mol. The molecule has 0 heterocycles. The average molecular weight is 438 g/mol. The number of hydrogen-bond acceptors (Lipinski definition) is 0. The molecule has 4 rings (SSSR count). The van der Waals surface area contributed by atoms with Gasteiger partial charge in [-0.05, 0) is 0 Å². The second-order valence-corrected chi connectivity index (χ2v) is 8.53. The molecule has 0 amide bonds. The fourth-order valence-corrected chi connectivity index (χ4v) is 5.11. The third kappa shape index (κ3) is 3.10. The van der Waals surface area contributed by atoms with Crippen molar-refractivity contribution in [2.45, 2.75) is 3.43 Å². The molecule has 0 unspecified atom stereocenters. The van der Waals surface area contributed by atoms with Crippen LogP contribution in [-0.4, -0.2) is 22.5 Å². The van der Waals surface area contributed by atoms with Crippen molar-refractivity contribution >= 4 is 22.5 Å². The van der Waals surface area contributed by atoms with Crippen LogP contribution < -0.4 is 0 Å². The van der Waals surface area contributed by atoms with E-state index in [1.165, 1.54) is 50.3 Å². The standard InChI is InChI=1S/C25H19.Sn/c1-4-12-20(13-5-1)23-18-10-11-19-24(23)25(21-14-6-2-7-15-21)22-16-8-3-9-17-22;/h1-19H;. The Kier molecular flexibility index (Phi) is 4.94. The number of benzene rings is 4. The van der Waals surface area contributed by atoms with Gasteiger partial charge < -0.3 is 0 Å². The quantitative estimate of drug-likeness (QED) is 0.279. The zero-order chi connectivity index (χ0) is 17.8. The van der Waals surface area contributed by atoms with Gasteiger partial charge in [-0.2, -0.15) is 0 Å². The predicted octanol–water partition coefficient (Wildman–Crippen LogP) is 5.81. The Morgan fingerprint density at radius 2 is 0.885 bits per heavy atom. The van der Waals surface area contributed by atoms with Gasteiger partial charge >= 0.3 is 169 Å². The SMILES string of the molecule is [Sn][C](c1ccccc1)(c1ccccc1)c1ccccc1-c1ccccc1. The van der Waals surface area contributed by atoms with Crippen molar-refractivity contribution in [3.05, 3.63) is 132 Å². The van der Waals surface area contributed by atoms with Gasteiger partial charge in [-0.3, -0.25) is 0 Å². The minimum absolute atomic E-state index is 0.137. The summed E-state index contributed by atoms with van der Waals surface area (Å²) < 4.78 is -0.137. The summed E-state index contributed by atoms with van der Waals surface area (Å²) in [6.07, 6.45) is 0. The molecular weight excluding hydrogens is 419 g/mol. The maximum atomic E-state index is 2.29. The maximum absolute atomic E-state index is 2.29. The van der Waals surface area contributed by atoms with Crippen molar-refractivity contribution in [3.63, 3.8) is 0 Å². The van der Waals surface area contributed by atoms with E-state index in [2.05, 4.69) is 115 Å². The molecule has 0 aliphatic rings. The van der Waals surface area contributed by atoms with E-state index in [0.717, 1.165) is 0 Å². The second-order valence-electron chi connectivity index (χ2n) is 6.39. The summed E-state index contributed by atoms with van der Waals surface area (Å²) in [5, 5.41) is 0. The Balaban J connectivity index is 2.01. The molecule has 0 N–H and O–H groups in total. The topological polar surface area (TPSA) is 0 Å². The van der Waals surface area contributed by atoms with Gasteiger partial charge in [0.2, 0.25) is 0 Å². The van der Waals surface area contributed by atoms with Crippen LogP contribution in [0.4, 0.5) is 0 Å². The first-order valence-corrected chi connectivity index (χ1v) is 10.2. The fourth-order valence-electron chi connectivity index (χ4n) is 3.53. The van der Waals surface area contributed by atoms with Gasteiger partial charge in [0, 0.05) is 0 Å². The molecule has 0 bridgehead atoms. The Morgan fingerprint density at radius 1 is 0.462 bits per heavy atom. The molecule has 3 radical (unpaired) electrons. The van der Waals surface area contributed by atoms with Crippen LogP contribution >= 0.6 is 0 Å². The Hall–Kier alpha value is -2.32. The van der Waals surface area contributed by atoms with Gasteiger partial charge in [-0.15, -0.1) is 0 Å². The summed E-state index contributed by atoms with van der Waals surface area (Å²) in [6.45, 7) is 0. The molecule has 0 saturated heterocycles. The Morgan fingerprint density at radius 3 is 1.42 bits per heavy atom. The second kappa shape index (κ2) is 7.51. The van der Waals surface area contributed by atoms with Gasteiger partial charge in [0.05, 0.1) is 0 Å². The van der Waals surface area contributed by atoms with Crippen LogP contribution in [0.5, 0.6) is 0 Å². The van der Waals surface area contributed by atoms with E-state index in [1.54, 1.807) is 0 Å². The molecule has 0 spiro atoms. The molecular formula is C25H19Sn. The first kappa shape index (κ1) is 17.1. The van der Waals surface area contributed by atoms with Crippen LogP contribution in [0.15, 0.2) is 115 Å². The predicted molar refractivity (Wildman–Crippen MR) is 110 cm³/mol. The molecule has 0 fully saturated rings. The third-order valence-corrected chi connectivity index (χ3v) is 7.25. The van der Waals surface area contributed by atoms with Crippen LogP contribution in [0.2, 0.25) is 0 Å². The molecule has 0 nitrogen and oxygen atoms in total. The van der Waals surface area contributed by atoms with Crippen molar-refractivity contribution < 1.29 is 0 Å². The van der Waals surface area contributed by atoms with Gasteiger partial charge in [0.25, 0.3) is 0 Å². The molecule has 123 valence electrons. The van der Waals surface area contributed by atoms with E-state index < -0.39 is 0 Å². The number of rotatable bonds is 4. The van der Waals surface area contributed by atoms with E-state index in [0.29, 0.717) is 0 Å². The van der Waals surface area contributed by atoms with E-state index in [-0.39, 0.29) is 3.43 Å². The molecule has 0 atom stereocenters. The Labute approximate surface area is 168 Å². The fraction of sp³-hybridized carbons (Fsp3) is 0.0400. The summed E-state index contributed by atoms with van der Waals surface area (Å²) in [5.74, 6) is 0. The van der Waals surface area contributed by atoms with Gasteiger partial charge in [0.1, 0.15) is 0 Å². The van der Waals surface area contributed by atoms with Crippen LogP contribution in [0.25, 0.3) is 11.1 Å². The van der Waals surface area contributed by atoms with Crippen molar-refractivity contribution in [3.8, 4) is 11.1 Å². The average Bonchev–Trinajstić information content (AvgIpc) is 2.75. The van der Waals surface area contributed by atoms with Crippen molar-refractivity contribution in [1.29, 1.82) is 0 Å². The summed E-state index contributed by atoms with van der Waals surface area (Å²) in [4.78, 5) is 0. The molecule has 0 aliphatic heterocycles. The van der Waals surface area contributed by atoms with Gasteiger partial charge in [-0.1, -0.05) is 0 Å². The van der Waals surface area contributed by atoms with Crippen LogP contribution in [0.3, 0.4) is 0 Å². The van der Waals surface area contributed by atoms with E-state index in [1.807, 2.05) is 0 Å². The van der Waals surface area contributed by atoms with Crippen LogP contribution in [0, 0.1) is 0 Å². The number of hydrogen-bond donors (Lipinski definition) is 0. The zero-order valence-electron chi connectivity index (χ0n) is 14.5. The van der Waals surface area contributed by atoms with E-state index in [4.69, 9.17) is 0 Å². The molecule has 4 aromatic carbocycles. The first-order valence-electron chi connectivity index (χ1n) is 8.81. The van der Waals surface area contributed by atoms with Crippen molar-refractivity contribution in [2.24, 2.45) is 0 Å². The van der Waals surface area contributed by atoms with E-state index in [9.17, 15) is 0 Å². The van der Waals surface area contributed by atoms with E-state index >= 15 is 0 Å². The zero-order valence-corrected chi connectivity index (χ0v) is 17.3. The minimum atomic E-state index is -0.137. The van der Waals surface area contributed by atoms with Gasteiger partial charge in [-0.25, -0.2) is 0 Å². The van der Waals surface area contributed by atoms with Crippen molar-refractivity contribution in [1.82, 2.24) is 0 Å². The molecule has 0 saturated carbocycles. The molecule has 1 heteroatoms. The summed E-state index contributed by atoms with van der Waals surface area (Å²) in [6, 6.07) is 41.3. The molecule has 4 aromatic rings. The van der Waals surface area contributed by atoms with Gasteiger partial charge in [0.15, 0.2) is 0 Å². The normalized spacial score (nSPS) is 11.3. The molecule has 0 aromatic heterocycles. The summed E-state index contributed by atoms with van der Waals surface area (Å²) >= 11 is 1.46. The van der Waals surface area contributed by atoms with Crippen LogP contribution in [-0.2, 0) is 3.43 Å². The summed E-state index contributed by atoms with van der Waals surface area (Å²) in [7, 11) is 0.